The molecule has 2 aromatic rings. The molecule has 0 saturated carbocycles. The van der Waals surface area contributed by atoms with E-state index >= 15 is 0 Å². The van der Waals surface area contributed by atoms with Gasteiger partial charge in [0, 0.05) is 13.1 Å². The highest BCUT2D eigenvalue weighted by Gasteiger charge is 2.43. The lowest BCUT2D eigenvalue weighted by Gasteiger charge is -2.36. The third-order valence-corrected chi connectivity index (χ3v) is 6.72. The van der Waals surface area contributed by atoms with Gasteiger partial charge in [-0.2, -0.15) is 0 Å². The summed E-state index contributed by atoms with van der Waals surface area (Å²) in [6.45, 7) is 6.31. The van der Waals surface area contributed by atoms with E-state index in [1.807, 2.05) is 0 Å². The van der Waals surface area contributed by atoms with Gasteiger partial charge in [-0.05, 0) is 38.1 Å². The second-order valence-electron chi connectivity index (χ2n) is 8.37. The van der Waals surface area contributed by atoms with E-state index < -0.39 is 0 Å². The van der Waals surface area contributed by atoms with Gasteiger partial charge in [0.15, 0.2) is 11.6 Å². The minimum absolute atomic E-state index is 0.203. The molecule has 6 rings (SSSR count). The lowest BCUT2D eigenvalue weighted by molar-refractivity contribution is 0.782. The van der Waals surface area contributed by atoms with Gasteiger partial charge >= 0.3 is 0 Å². The molecule has 0 aromatic heterocycles. The number of hydrogen-bond donors (Lipinski definition) is 0. The maximum absolute atomic E-state index is 2.51. The molecule has 2 heterocycles. The second-order valence-corrected chi connectivity index (χ2v) is 8.37. The monoisotopic (exact) mass is 420 g/mol. The van der Waals surface area contributed by atoms with Crippen molar-refractivity contribution in [1.29, 1.82) is 0 Å². The molecule has 0 unspecified atom stereocenters. The molecule has 160 valence electrons. The zero-order valence-corrected chi connectivity index (χ0v) is 18.6. The van der Waals surface area contributed by atoms with Crippen LogP contribution in [-0.2, 0) is 0 Å². The number of allylic oxidation sites excluding steroid dienone is 4. The number of hydrogen-bond acceptors (Lipinski definition) is 4. The normalized spacial score (nSPS) is 21.6. The van der Waals surface area contributed by atoms with Gasteiger partial charge in [-0.3, -0.25) is 0 Å². The molecule has 0 spiro atoms. The van der Waals surface area contributed by atoms with E-state index in [9.17, 15) is 0 Å². The lowest BCUT2D eigenvalue weighted by atomic mass is 10.2. The standard InChI is InChI=1S/C28H28N4/c1-3-29-23-17-9-11-19-25(23)31(21-13-5-6-14-21)27(29)28-30(4-2)24-18-10-12-20-26(24)32(28)22-15-7-8-16-22/h5-22H,3-4H2,1-2H3/b28-27+. The average molecular weight is 421 g/mol. The predicted molar refractivity (Wildman–Crippen MR) is 135 cm³/mol. The van der Waals surface area contributed by atoms with Crippen molar-refractivity contribution in [3.8, 4) is 0 Å². The van der Waals surface area contributed by atoms with Gasteiger partial charge < -0.3 is 19.6 Å². The van der Waals surface area contributed by atoms with Crippen molar-refractivity contribution >= 4 is 22.7 Å². The van der Waals surface area contributed by atoms with E-state index in [4.69, 9.17) is 0 Å². The highest BCUT2D eigenvalue weighted by atomic mass is 15.5. The van der Waals surface area contributed by atoms with Crippen LogP contribution in [-0.4, -0.2) is 25.2 Å². The molecule has 0 radical (unpaired) electrons. The third-order valence-electron chi connectivity index (χ3n) is 6.72. The predicted octanol–water partition coefficient (Wildman–Crippen LogP) is 5.80. The maximum Gasteiger partial charge on any atom is 0.156 e. The SMILES string of the molecule is CCN1/C(=C2/N(CC)c3ccccc3N2C2C=CC=C2)N(C2C=CC=C2)c2ccccc21. The fourth-order valence-corrected chi connectivity index (χ4v) is 5.39. The molecule has 2 aliphatic carbocycles. The first-order chi connectivity index (χ1) is 15.8. The van der Waals surface area contributed by atoms with Gasteiger partial charge in [0.1, 0.15) is 0 Å². The van der Waals surface area contributed by atoms with Crippen LogP contribution in [0.4, 0.5) is 22.7 Å². The molecule has 0 atom stereocenters. The summed E-state index contributed by atoms with van der Waals surface area (Å²) in [5.74, 6) is 2.50. The number of nitrogens with zero attached hydrogens (tertiary/aromatic N) is 4. The molecule has 0 saturated heterocycles. The molecule has 4 aliphatic rings. The molecular formula is C28H28N4. The summed E-state index contributed by atoms with van der Waals surface area (Å²) in [4.78, 5) is 9.99. The van der Waals surface area contributed by atoms with Gasteiger partial charge in [0.25, 0.3) is 0 Å². The Hall–Kier alpha value is -3.66. The fourth-order valence-electron chi connectivity index (χ4n) is 5.39. The second kappa shape index (κ2) is 7.49. The van der Waals surface area contributed by atoms with Crippen molar-refractivity contribution in [2.24, 2.45) is 0 Å². The number of para-hydroxylation sites is 4. The van der Waals surface area contributed by atoms with Gasteiger partial charge in [-0.25, -0.2) is 0 Å². The molecule has 0 bridgehead atoms. The Morgan fingerprint density at radius 2 is 0.875 bits per heavy atom. The van der Waals surface area contributed by atoms with Crippen molar-refractivity contribution in [3.05, 3.63) is 109 Å². The Bertz CT molecular complexity index is 1080. The van der Waals surface area contributed by atoms with Crippen LogP contribution in [0.5, 0.6) is 0 Å². The largest absolute Gasteiger partial charge is 0.323 e. The smallest absolute Gasteiger partial charge is 0.156 e. The van der Waals surface area contributed by atoms with Crippen LogP contribution < -0.4 is 19.6 Å². The summed E-state index contributed by atoms with van der Waals surface area (Å²) in [5, 5.41) is 0. The van der Waals surface area contributed by atoms with Crippen molar-refractivity contribution in [2.45, 2.75) is 25.9 Å². The van der Waals surface area contributed by atoms with E-state index in [0.29, 0.717) is 0 Å². The van der Waals surface area contributed by atoms with E-state index in [1.54, 1.807) is 0 Å². The minimum atomic E-state index is 0.203. The van der Waals surface area contributed by atoms with Crippen molar-refractivity contribution in [2.75, 3.05) is 32.7 Å². The van der Waals surface area contributed by atoms with Crippen LogP contribution in [0, 0.1) is 0 Å². The van der Waals surface area contributed by atoms with Crippen LogP contribution in [0.2, 0.25) is 0 Å². The Morgan fingerprint density at radius 3 is 1.22 bits per heavy atom. The summed E-state index contributed by atoms with van der Waals surface area (Å²) in [6, 6.07) is 18.0. The molecule has 4 nitrogen and oxygen atoms in total. The summed E-state index contributed by atoms with van der Waals surface area (Å²) >= 11 is 0. The number of benzene rings is 2. The zero-order chi connectivity index (χ0) is 21.7. The quantitative estimate of drug-likeness (QED) is 0.620. The maximum atomic E-state index is 2.51. The Morgan fingerprint density at radius 1 is 0.531 bits per heavy atom. The molecule has 0 N–H and O–H groups in total. The van der Waals surface area contributed by atoms with E-state index in [-0.39, 0.29) is 12.1 Å². The van der Waals surface area contributed by atoms with Crippen LogP contribution >= 0.6 is 0 Å². The first-order valence-electron chi connectivity index (χ1n) is 11.6. The summed E-state index contributed by atoms with van der Waals surface area (Å²) in [6.07, 6.45) is 17.8. The topological polar surface area (TPSA) is 13.0 Å². The number of anilines is 4. The van der Waals surface area contributed by atoms with Crippen LogP contribution in [0.15, 0.2) is 109 Å². The summed E-state index contributed by atoms with van der Waals surface area (Å²) in [7, 11) is 0. The summed E-state index contributed by atoms with van der Waals surface area (Å²) < 4.78 is 0. The Kier molecular flexibility index (Phi) is 4.46. The molecule has 2 aromatic carbocycles. The van der Waals surface area contributed by atoms with Crippen LogP contribution in [0.3, 0.4) is 0 Å². The van der Waals surface area contributed by atoms with Gasteiger partial charge in [0.05, 0.1) is 34.8 Å². The molecular weight excluding hydrogens is 392 g/mol. The van der Waals surface area contributed by atoms with Crippen LogP contribution in [0.1, 0.15) is 13.8 Å². The van der Waals surface area contributed by atoms with E-state index in [1.165, 1.54) is 34.4 Å². The molecule has 2 aliphatic heterocycles. The molecule has 0 fully saturated rings. The van der Waals surface area contributed by atoms with E-state index in [2.05, 4.69) is 131 Å². The van der Waals surface area contributed by atoms with Crippen molar-refractivity contribution in [1.82, 2.24) is 0 Å². The lowest BCUT2D eigenvalue weighted by Crippen LogP contribution is -2.43. The average Bonchev–Trinajstić information content (AvgIpc) is 3.62. The molecule has 4 heteroatoms. The van der Waals surface area contributed by atoms with Crippen LogP contribution in [0.25, 0.3) is 0 Å². The minimum Gasteiger partial charge on any atom is -0.323 e. The van der Waals surface area contributed by atoms with Crippen molar-refractivity contribution in [3.63, 3.8) is 0 Å². The molecule has 32 heavy (non-hydrogen) atoms. The zero-order valence-electron chi connectivity index (χ0n) is 18.6. The molecule has 0 amide bonds. The highest BCUT2D eigenvalue weighted by molar-refractivity contribution is 5.90. The van der Waals surface area contributed by atoms with E-state index in [0.717, 1.165) is 13.1 Å². The number of fused-ring (bicyclic) bond motifs is 2. The Balaban J connectivity index is 1.64. The van der Waals surface area contributed by atoms with Gasteiger partial charge in [-0.1, -0.05) is 72.9 Å². The number of rotatable bonds is 4. The summed E-state index contributed by atoms with van der Waals surface area (Å²) in [5.41, 5.74) is 5.08. The van der Waals surface area contributed by atoms with Crippen molar-refractivity contribution < 1.29 is 0 Å². The third kappa shape index (κ3) is 2.62. The highest BCUT2D eigenvalue weighted by Crippen LogP contribution is 2.50. The first kappa shape index (κ1) is 19.1. The Labute approximate surface area is 190 Å². The fraction of sp³-hybridized carbons (Fsp3) is 0.214. The first-order valence-corrected chi connectivity index (χ1v) is 11.6. The van der Waals surface area contributed by atoms with Gasteiger partial charge in [-0.15, -0.1) is 0 Å². The van der Waals surface area contributed by atoms with Gasteiger partial charge in [0.2, 0.25) is 0 Å².